The van der Waals surface area contributed by atoms with Gasteiger partial charge in [0, 0.05) is 25.7 Å². The molecule has 1 saturated carbocycles. The highest BCUT2D eigenvalue weighted by Gasteiger charge is 2.31. The summed E-state index contributed by atoms with van der Waals surface area (Å²) in [6.45, 7) is 6.92. The van der Waals surface area contributed by atoms with Crippen LogP contribution in [0.5, 0.6) is 0 Å². The van der Waals surface area contributed by atoms with Gasteiger partial charge in [-0.05, 0) is 51.6 Å². The summed E-state index contributed by atoms with van der Waals surface area (Å²) >= 11 is 0. The van der Waals surface area contributed by atoms with E-state index in [0.29, 0.717) is 12.1 Å². The van der Waals surface area contributed by atoms with Crippen LogP contribution in [0, 0.1) is 5.92 Å². The number of rotatable bonds is 7. The van der Waals surface area contributed by atoms with Crippen molar-refractivity contribution in [3.8, 4) is 0 Å². The van der Waals surface area contributed by atoms with Gasteiger partial charge in [-0.2, -0.15) is 0 Å². The number of methoxy groups -OCH3 is 1. The molecule has 2 atom stereocenters. The van der Waals surface area contributed by atoms with E-state index in [4.69, 9.17) is 4.74 Å². The summed E-state index contributed by atoms with van der Waals surface area (Å²) in [6.07, 6.45) is 5.54. The lowest BCUT2D eigenvalue weighted by molar-refractivity contribution is 0.150. The molecule has 3 heteroatoms. The standard InChI is InChI=1S/C13H26N2O/c1-11(15-7-3-4-8-15)9-14-13(10-16-2)12-5-6-12/h11-14H,3-10H2,1-2H3. The number of nitrogens with zero attached hydrogens (tertiary/aromatic N) is 1. The molecule has 3 nitrogen and oxygen atoms in total. The van der Waals surface area contributed by atoms with Crippen molar-refractivity contribution >= 4 is 0 Å². The molecule has 2 fully saturated rings. The highest BCUT2D eigenvalue weighted by Crippen LogP contribution is 2.32. The minimum absolute atomic E-state index is 0.593. The Morgan fingerprint density at radius 1 is 1.31 bits per heavy atom. The van der Waals surface area contributed by atoms with E-state index >= 15 is 0 Å². The summed E-state index contributed by atoms with van der Waals surface area (Å²) in [5.74, 6) is 0.880. The highest BCUT2D eigenvalue weighted by atomic mass is 16.5. The number of ether oxygens (including phenoxy) is 1. The van der Waals surface area contributed by atoms with Crippen LogP contribution in [-0.4, -0.2) is 50.3 Å². The lowest BCUT2D eigenvalue weighted by atomic mass is 10.2. The Morgan fingerprint density at radius 3 is 2.56 bits per heavy atom. The van der Waals surface area contributed by atoms with E-state index in [0.717, 1.165) is 19.1 Å². The number of hydrogen-bond acceptors (Lipinski definition) is 3. The van der Waals surface area contributed by atoms with Crippen LogP contribution in [0.2, 0.25) is 0 Å². The Bertz CT molecular complexity index is 200. The van der Waals surface area contributed by atoms with Crippen molar-refractivity contribution in [2.75, 3.05) is 33.4 Å². The summed E-state index contributed by atoms with van der Waals surface area (Å²) in [7, 11) is 1.81. The number of nitrogens with one attached hydrogen (secondary N) is 1. The van der Waals surface area contributed by atoms with Gasteiger partial charge in [0.05, 0.1) is 6.61 Å². The first-order chi connectivity index (χ1) is 7.81. The lowest BCUT2D eigenvalue weighted by Crippen LogP contribution is -2.44. The average molecular weight is 226 g/mol. The van der Waals surface area contributed by atoms with Crippen molar-refractivity contribution in [1.82, 2.24) is 10.2 Å². The van der Waals surface area contributed by atoms with E-state index < -0.39 is 0 Å². The van der Waals surface area contributed by atoms with E-state index in [2.05, 4.69) is 17.1 Å². The topological polar surface area (TPSA) is 24.5 Å². The van der Waals surface area contributed by atoms with Gasteiger partial charge in [0.15, 0.2) is 0 Å². The Labute approximate surface area is 99.5 Å². The zero-order chi connectivity index (χ0) is 11.4. The molecule has 1 heterocycles. The van der Waals surface area contributed by atoms with Gasteiger partial charge in [-0.25, -0.2) is 0 Å². The first kappa shape index (κ1) is 12.3. The molecule has 2 unspecified atom stereocenters. The zero-order valence-electron chi connectivity index (χ0n) is 10.7. The Hall–Kier alpha value is -0.120. The van der Waals surface area contributed by atoms with E-state index in [1.807, 2.05) is 0 Å². The maximum atomic E-state index is 5.29. The molecule has 1 N–H and O–H groups in total. The van der Waals surface area contributed by atoms with E-state index in [1.165, 1.54) is 38.8 Å². The molecular weight excluding hydrogens is 200 g/mol. The monoisotopic (exact) mass is 226 g/mol. The third-order valence-corrected chi connectivity index (χ3v) is 3.98. The summed E-state index contributed by atoms with van der Waals surface area (Å²) in [4.78, 5) is 2.60. The zero-order valence-corrected chi connectivity index (χ0v) is 10.7. The second-order valence-corrected chi connectivity index (χ2v) is 5.40. The predicted molar refractivity (Wildman–Crippen MR) is 66.7 cm³/mol. The van der Waals surface area contributed by atoms with E-state index in [-0.39, 0.29) is 0 Å². The van der Waals surface area contributed by atoms with Crippen molar-refractivity contribution in [1.29, 1.82) is 0 Å². The first-order valence-corrected chi connectivity index (χ1v) is 6.77. The van der Waals surface area contributed by atoms with Crippen LogP contribution >= 0.6 is 0 Å². The molecular formula is C13H26N2O. The van der Waals surface area contributed by atoms with Crippen LogP contribution in [0.3, 0.4) is 0 Å². The van der Waals surface area contributed by atoms with Gasteiger partial charge in [0.25, 0.3) is 0 Å². The smallest absolute Gasteiger partial charge is 0.0618 e. The van der Waals surface area contributed by atoms with Crippen molar-refractivity contribution in [3.05, 3.63) is 0 Å². The normalized spacial score (nSPS) is 25.9. The van der Waals surface area contributed by atoms with Crippen LogP contribution in [0.1, 0.15) is 32.6 Å². The summed E-state index contributed by atoms with van der Waals surface area (Å²) in [5.41, 5.74) is 0. The highest BCUT2D eigenvalue weighted by molar-refractivity contribution is 4.87. The van der Waals surface area contributed by atoms with E-state index in [9.17, 15) is 0 Å². The van der Waals surface area contributed by atoms with Gasteiger partial charge < -0.3 is 10.1 Å². The van der Waals surface area contributed by atoms with Crippen molar-refractivity contribution in [3.63, 3.8) is 0 Å². The van der Waals surface area contributed by atoms with Crippen LogP contribution in [0.25, 0.3) is 0 Å². The van der Waals surface area contributed by atoms with Crippen LogP contribution in [0.4, 0.5) is 0 Å². The fourth-order valence-corrected chi connectivity index (χ4v) is 2.67. The van der Waals surface area contributed by atoms with Crippen LogP contribution in [0.15, 0.2) is 0 Å². The van der Waals surface area contributed by atoms with Gasteiger partial charge in [0.1, 0.15) is 0 Å². The summed E-state index contributed by atoms with van der Waals surface area (Å²) in [6, 6.07) is 1.27. The minimum Gasteiger partial charge on any atom is -0.383 e. The lowest BCUT2D eigenvalue weighted by Gasteiger charge is -2.26. The van der Waals surface area contributed by atoms with Gasteiger partial charge in [-0.1, -0.05) is 0 Å². The van der Waals surface area contributed by atoms with Crippen LogP contribution < -0.4 is 5.32 Å². The molecule has 1 aliphatic heterocycles. The van der Waals surface area contributed by atoms with Crippen molar-refractivity contribution in [2.24, 2.45) is 5.92 Å². The first-order valence-electron chi connectivity index (χ1n) is 6.77. The molecule has 0 aromatic carbocycles. The van der Waals surface area contributed by atoms with Gasteiger partial charge >= 0.3 is 0 Å². The molecule has 0 bridgehead atoms. The maximum Gasteiger partial charge on any atom is 0.0618 e. The second kappa shape index (κ2) is 5.99. The summed E-state index contributed by atoms with van der Waals surface area (Å²) < 4.78 is 5.29. The fourth-order valence-electron chi connectivity index (χ4n) is 2.67. The van der Waals surface area contributed by atoms with Gasteiger partial charge in [0.2, 0.25) is 0 Å². The Kier molecular flexibility index (Phi) is 4.62. The molecule has 2 aliphatic rings. The summed E-state index contributed by atoms with van der Waals surface area (Å²) in [5, 5.41) is 3.69. The molecule has 0 spiro atoms. The van der Waals surface area contributed by atoms with Crippen LogP contribution in [-0.2, 0) is 4.74 Å². The third kappa shape index (κ3) is 3.44. The molecule has 1 aliphatic carbocycles. The molecule has 0 amide bonds. The second-order valence-electron chi connectivity index (χ2n) is 5.40. The molecule has 0 aromatic rings. The SMILES string of the molecule is COCC(NCC(C)N1CCCC1)C1CC1. The molecule has 94 valence electrons. The molecule has 0 radical (unpaired) electrons. The third-order valence-electron chi connectivity index (χ3n) is 3.98. The van der Waals surface area contributed by atoms with Crippen molar-refractivity contribution < 1.29 is 4.74 Å². The number of hydrogen-bond donors (Lipinski definition) is 1. The van der Waals surface area contributed by atoms with Crippen molar-refractivity contribution in [2.45, 2.75) is 44.7 Å². The molecule has 1 saturated heterocycles. The molecule has 2 rings (SSSR count). The largest absolute Gasteiger partial charge is 0.383 e. The predicted octanol–water partition coefficient (Wildman–Crippen LogP) is 1.49. The molecule has 16 heavy (non-hydrogen) atoms. The van der Waals surface area contributed by atoms with Gasteiger partial charge in [-0.15, -0.1) is 0 Å². The fraction of sp³-hybridized carbons (Fsp3) is 1.00. The maximum absolute atomic E-state index is 5.29. The van der Waals surface area contributed by atoms with E-state index in [1.54, 1.807) is 7.11 Å². The number of likely N-dealkylation sites (tertiary alicyclic amines) is 1. The Balaban J connectivity index is 1.67. The average Bonchev–Trinajstić information content (AvgIpc) is 2.98. The minimum atomic E-state index is 0.593. The molecule has 0 aromatic heterocycles. The van der Waals surface area contributed by atoms with Gasteiger partial charge in [-0.3, -0.25) is 4.90 Å². The Morgan fingerprint density at radius 2 is 2.00 bits per heavy atom. The quantitative estimate of drug-likeness (QED) is 0.712.